The molecule has 0 saturated heterocycles. The molecule has 1 amide bonds. The molecule has 0 aromatic heterocycles. The highest BCUT2D eigenvalue weighted by atomic mass is 16.6. The summed E-state index contributed by atoms with van der Waals surface area (Å²) in [6.45, 7) is 3.64. The van der Waals surface area contributed by atoms with Gasteiger partial charge in [0, 0.05) is 18.1 Å². The number of amides is 1. The van der Waals surface area contributed by atoms with Gasteiger partial charge in [0.25, 0.3) is 5.69 Å². The largest absolute Gasteiger partial charge is 0.370 e. The Labute approximate surface area is 94.4 Å². The molecule has 16 heavy (non-hydrogen) atoms. The fourth-order valence-corrected chi connectivity index (χ4v) is 1.01. The number of benzene rings is 1. The topological polar surface area (TPSA) is 86.2 Å². The summed E-state index contributed by atoms with van der Waals surface area (Å²) < 4.78 is 0. The van der Waals surface area contributed by atoms with E-state index in [1.807, 2.05) is 6.92 Å². The number of nitrogens with two attached hydrogens (primary N) is 1. The van der Waals surface area contributed by atoms with Gasteiger partial charge in [-0.15, -0.1) is 0 Å². The number of para-hydroxylation sites is 1. The quantitative estimate of drug-likeness (QED) is 0.630. The Hall–Kier alpha value is -1.91. The standard InChI is InChI=1S/C7H7NO2.C4H9NO/c1-6-4-2-3-5-7(6)8(9)10;1-2-3-4(5)6/h2-5H,1H3;2-3H2,1H3,(H2,5,6). The minimum absolute atomic E-state index is 0.183. The Kier molecular flexibility index (Phi) is 6.51. The molecule has 0 fully saturated rings. The zero-order valence-corrected chi connectivity index (χ0v) is 9.47. The van der Waals surface area contributed by atoms with Gasteiger partial charge < -0.3 is 5.73 Å². The van der Waals surface area contributed by atoms with Crippen LogP contribution in [0.5, 0.6) is 0 Å². The molecule has 0 aliphatic carbocycles. The van der Waals surface area contributed by atoms with Crippen LogP contribution < -0.4 is 5.73 Å². The first-order valence-electron chi connectivity index (χ1n) is 4.97. The Morgan fingerprint density at radius 2 is 2.00 bits per heavy atom. The van der Waals surface area contributed by atoms with E-state index < -0.39 is 0 Å². The lowest BCUT2D eigenvalue weighted by atomic mass is 10.2. The molecular formula is C11H16N2O3. The number of nitrogens with zero attached hydrogens (tertiary/aromatic N) is 1. The monoisotopic (exact) mass is 224 g/mol. The SMILES string of the molecule is CCCC(N)=O.Cc1ccccc1[N+](=O)[O-]. The smallest absolute Gasteiger partial charge is 0.272 e. The minimum Gasteiger partial charge on any atom is -0.370 e. The molecule has 1 rings (SSSR count). The van der Waals surface area contributed by atoms with Gasteiger partial charge in [-0.05, 0) is 13.3 Å². The molecule has 0 atom stereocenters. The fourth-order valence-electron chi connectivity index (χ4n) is 1.01. The fraction of sp³-hybridized carbons (Fsp3) is 0.364. The zero-order chi connectivity index (χ0) is 12.6. The van der Waals surface area contributed by atoms with Crippen molar-refractivity contribution in [3.8, 4) is 0 Å². The second-order valence-corrected chi connectivity index (χ2v) is 3.26. The number of carbonyl (C=O) groups is 1. The number of hydrogen-bond acceptors (Lipinski definition) is 3. The average molecular weight is 224 g/mol. The van der Waals surface area contributed by atoms with Gasteiger partial charge in [-0.2, -0.15) is 0 Å². The average Bonchev–Trinajstić information content (AvgIpc) is 2.18. The van der Waals surface area contributed by atoms with Crippen molar-refractivity contribution < 1.29 is 9.72 Å². The van der Waals surface area contributed by atoms with Crippen LogP contribution in [-0.2, 0) is 4.79 Å². The van der Waals surface area contributed by atoms with Crippen LogP contribution in [0, 0.1) is 17.0 Å². The third kappa shape index (κ3) is 5.74. The maximum Gasteiger partial charge on any atom is 0.272 e. The molecule has 0 aliphatic rings. The van der Waals surface area contributed by atoms with Crippen molar-refractivity contribution in [3.63, 3.8) is 0 Å². The van der Waals surface area contributed by atoms with E-state index in [0.717, 1.165) is 6.42 Å². The molecule has 0 radical (unpaired) electrons. The first kappa shape index (κ1) is 14.1. The number of hydrogen-bond donors (Lipinski definition) is 1. The van der Waals surface area contributed by atoms with Crippen LogP contribution in [0.2, 0.25) is 0 Å². The summed E-state index contributed by atoms with van der Waals surface area (Å²) >= 11 is 0. The number of carbonyl (C=O) groups excluding carboxylic acids is 1. The summed E-state index contributed by atoms with van der Waals surface area (Å²) in [6.07, 6.45) is 1.37. The Morgan fingerprint density at radius 3 is 2.25 bits per heavy atom. The Bertz CT molecular complexity index is 364. The molecule has 5 nitrogen and oxygen atoms in total. The van der Waals surface area contributed by atoms with E-state index in [1.165, 1.54) is 6.07 Å². The highest BCUT2D eigenvalue weighted by Crippen LogP contribution is 2.14. The predicted octanol–water partition coefficient (Wildman–Crippen LogP) is 2.18. The lowest BCUT2D eigenvalue weighted by Crippen LogP contribution is -2.08. The van der Waals surface area contributed by atoms with Crippen LogP contribution in [-0.4, -0.2) is 10.8 Å². The Balaban J connectivity index is 0.000000325. The normalized spacial score (nSPS) is 8.88. The summed E-state index contributed by atoms with van der Waals surface area (Å²) in [6, 6.07) is 6.65. The van der Waals surface area contributed by atoms with Crippen molar-refractivity contribution in [1.29, 1.82) is 0 Å². The molecule has 0 aliphatic heterocycles. The van der Waals surface area contributed by atoms with E-state index in [1.54, 1.807) is 25.1 Å². The summed E-state index contributed by atoms with van der Waals surface area (Å²) in [5.74, 6) is -0.211. The van der Waals surface area contributed by atoms with Crippen LogP contribution >= 0.6 is 0 Å². The summed E-state index contributed by atoms with van der Waals surface area (Å²) in [7, 11) is 0. The van der Waals surface area contributed by atoms with Crippen molar-refractivity contribution >= 4 is 11.6 Å². The first-order valence-corrected chi connectivity index (χ1v) is 4.97. The molecule has 0 saturated carbocycles. The van der Waals surface area contributed by atoms with Gasteiger partial charge in [0.1, 0.15) is 0 Å². The lowest BCUT2D eigenvalue weighted by molar-refractivity contribution is -0.385. The van der Waals surface area contributed by atoms with Gasteiger partial charge in [0.15, 0.2) is 0 Å². The van der Waals surface area contributed by atoms with Gasteiger partial charge in [-0.25, -0.2) is 0 Å². The van der Waals surface area contributed by atoms with Crippen molar-refractivity contribution in [2.24, 2.45) is 5.73 Å². The molecule has 0 unspecified atom stereocenters. The van der Waals surface area contributed by atoms with Gasteiger partial charge in [-0.3, -0.25) is 14.9 Å². The van der Waals surface area contributed by atoms with Crippen LogP contribution in [0.25, 0.3) is 0 Å². The third-order valence-electron chi connectivity index (χ3n) is 1.81. The molecule has 88 valence electrons. The van der Waals surface area contributed by atoms with Crippen molar-refractivity contribution in [2.75, 3.05) is 0 Å². The van der Waals surface area contributed by atoms with Gasteiger partial charge >= 0.3 is 0 Å². The van der Waals surface area contributed by atoms with E-state index in [9.17, 15) is 14.9 Å². The second-order valence-electron chi connectivity index (χ2n) is 3.26. The minimum atomic E-state index is -0.380. The zero-order valence-electron chi connectivity index (χ0n) is 9.47. The highest BCUT2D eigenvalue weighted by molar-refractivity contribution is 5.73. The van der Waals surface area contributed by atoms with E-state index >= 15 is 0 Å². The number of nitro groups is 1. The Morgan fingerprint density at radius 1 is 1.44 bits per heavy atom. The molecule has 1 aromatic carbocycles. The lowest BCUT2D eigenvalue weighted by Gasteiger charge is -1.92. The molecule has 0 bridgehead atoms. The molecule has 0 spiro atoms. The van der Waals surface area contributed by atoms with Crippen molar-refractivity contribution in [1.82, 2.24) is 0 Å². The highest BCUT2D eigenvalue weighted by Gasteiger charge is 2.05. The maximum absolute atomic E-state index is 10.2. The van der Waals surface area contributed by atoms with E-state index in [2.05, 4.69) is 0 Å². The maximum atomic E-state index is 10.2. The van der Waals surface area contributed by atoms with Crippen LogP contribution in [0.15, 0.2) is 24.3 Å². The van der Waals surface area contributed by atoms with Crippen LogP contribution in [0.1, 0.15) is 25.3 Å². The van der Waals surface area contributed by atoms with Gasteiger partial charge in [0.2, 0.25) is 5.91 Å². The van der Waals surface area contributed by atoms with Gasteiger partial charge in [0.05, 0.1) is 4.92 Å². The summed E-state index contributed by atoms with van der Waals surface area (Å²) in [5.41, 5.74) is 5.65. The summed E-state index contributed by atoms with van der Waals surface area (Å²) in [5, 5.41) is 10.2. The van der Waals surface area contributed by atoms with Crippen molar-refractivity contribution in [3.05, 3.63) is 39.9 Å². The van der Waals surface area contributed by atoms with Gasteiger partial charge in [-0.1, -0.05) is 25.1 Å². The number of aryl methyl sites for hydroxylation is 1. The van der Waals surface area contributed by atoms with E-state index in [0.29, 0.717) is 12.0 Å². The third-order valence-corrected chi connectivity index (χ3v) is 1.81. The molecular weight excluding hydrogens is 208 g/mol. The van der Waals surface area contributed by atoms with Crippen LogP contribution in [0.3, 0.4) is 0 Å². The predicted molar refractivity (Wildman–Crippen MR) is 61.9 cm³/mol. The number of primary amides is 1. The first-order chi connectivity index (χ1) is 7.49. The molecule has 1 aromatic rings. The van der Waals surface area contributed by atoms with Crippen molar-refractivity contribution in [2.45, 2.75) is 26.7 Å². The van der Waals surface area contributed by atoms with E-state index in [-0.39, 0.29) is 16.5 Å². The molecule has 0 heterocycles. The van der Waals surface area contributed by atoms with E-state index in [4.69, 9.17) is 5.73 Å². The molecule has 2 N–H and O–H groups in total. The number of nitro benzene ring substituents is 1. The molecule has 5 heteroatoms. The summed E-state index contributed by atoms with van der Waals surface area (Å²) in [4.78, 5) is 19.7. The van der Waals surface area contributed by atoms with Crippen LogP contribution in [0.4, 0.5) is 5.69 Å². The second kappa shape index (κ2) is 7.39. The number of rotatable bonds is 3.